The molecule has 0 heterocycles. The normalized spacial score (nSPS) is 10.2. The number of hydrogen-bond acceptors (Lipinski definition) is 4. The maximum absolute atomic E-state index is 12.3. The third-order valence-electron chi connectivity index (χ3n) is 3.31. The van der Waals surface area contributed by atoms with Crippen molar-refractivity contribution >= 4 is 51.7 Å². The van der Waals surface area contributed by atoms with E-state index in [4.69, 9.17) is 17.0 Å². The zero-order chi connectivity index (χ0) is 19.8. The average molecular weight is 497 g/mol. The van der Waals surface area contributed by atoms with Crippen LogP contribution in [0, 0.1) is 9.49 Å². The quantitative estimate of drug-likeness (QED) is 0.336. The summed E-state index contributed by atoms with van der Waals surface area (Å²) < 4.78 is 6.42. The lowest BCUT2D eigenvalue weighted by Gasteiger charge is -2.12. The van der Waals surface area contributed by atoms with E-state index in [9.17, 15) is 9.59 Å². The van der Waals surface area contributed by atoms with Gasteiger partial charge >= 0.3 is 0 Å². The number of benzene rings is 2. The summed E-state index contributed by atoms with van der Waals surface area (Å²) in [5.41, 5.74) is 5.91. The first kappa shape index (κ1) is 21.1. The second kappa shape index (κ2) is 10.2. The zero-order valence-corrected chi connectivity index (χ0v) is 17.9. The van der Waals surface area contributed by atoms with Crippen molar-refractivity contribution in [2.24, 2.45) is 5.92 Å². The molecule has 0 aliphatic heterocycles. The van der Waals surface area contributed by atoms with Crippen LogP contribution in [-0.2, 0) is 0 Å². The fourth-order valence-electron chi connectivity index (χ4n) is 2.02. The molecule has 2 aromatic carbocycles. The molecule has 0 unspecified atom stereocenters. The monoisotopic (exact) mass is 497 g/mol. The summed E-state index contributed by atoms with van der Waals surface area (Å²) >= 11 is 7.13. The van der Waals surface area contributed by atoms with E-state index in [2.05, 4.69) is 38.8 Å². The summed E-state index contributed by atoms with van der Waals surface area (Å²) in [5, 5.41) is 2.51. The van der Waals surface area contributed by atoms with E-state index in [0.29, 0.717) is 29.4 Å². The van der Waals surface area contributed by atoms with Crippen LogP contribution in [0.25, 0.3) is 0 Å². The van der Waals surface area contributed by atoms with Crippen LogP contribution < -0.4 is 20.9 Å². The van der Waals surface area contributed by atoms with Gasteiger partial charge in [0.15, 0.2) is 5.11 Å². The number of hydrazine groups is 1. The molecule has 2 aromatic rings. The van der Waals surface area contributed by atoms with Crippen LogP contribution in [0.4, 0.5) is 0 Å². The molecule has 0 saturated carbocycles. The number of carbonyl (C=O) groups is 2. The molecule has 3 N–H and O–H groups in total. The molecule has 0 aromatic heterocycles. The summed E-state index contributed by atoms with van der Waals surface area (Å²) in [4.78, 5) is 24.4. The first-order valence-electron chi connectivity index (χ1n) is 8.26. The molecule has 0 spiro atoms. The van der Waals surface area contributed by atoms with Gasteiger partial charge in [-0.2, -0.15) is 0 Å². The molecule has 2 rings (SSSR count). The molecule has 6 nitrogen and oxygen atoms in total. The Morgan fingerprint density at radius 3 is 2.52 bits per heavy atom. The molecular weight excluding hydrogens is 477 g/mol. The molecule has 142 valence electrons. The fraction of sp³-hybridized carbons (Fsp3) is 0.211. The summed E-state index contributed by atoms with van der Waals surface area (Å²) in [6, 6.07) is 14.0. The number of carbonyl (C=O) groups excluding carboxylic acids is 2. The van der Waals surface area contributed by atoms with Gasteiger partial charge in [0, 0.05) is 9.13 Å². The number of amides is 2. The van der Waals surface area contributed by atoms with Crippen LogP contribution in [0.5, 0.6) is 5.75 Å². The van der Waals surface area contributed by atoms with E-state index >= 15 is 0 Å². The average Bonchev–Trinajstić information content (AvgIpc) is 2.65. The molecule has 8 heteroatoms. The Bertz CT molecular complexity index is 842. The van der Waals surface area contributed by atoms with Gasteiger partial charge in [0.1, 0.15) is 5.75 Å². The van der Waals surface area contributed by atoms with Crippen LogP contribution in [0.1, 0.15) is 34.6 Å². The number of ether oxygens (including phenoxy) is 1. The van der Waals surface area contributed by atoms with E-state index in [-0.39, 0.29) is 11.0 Å². The second-order valence-corrected chi connectivity index (χ2v) is 7.65. The van der Waals surface area contributed by atoms with Crippen LogP contribution in [0.3, 0.4) is 0 Å². The fourth-order valence-corrected chi connectivity index (χ4v) is 2.80. The first-order valence-corrected chi connectivity index (χ1v) is 9.74. The number of nitrogens with one attached hydrogen (secondary N) is 3. The summed E-state index contributed by atoms with van der Waals surface area (Å²) in [5.74, 6) is 0.254. The first-order chi connectivity index (χ1) is 12.9. The lowest BCUT2D eigenvalue weighted by molar-refractivity contribution is 0.0934. The number of thiocarbonyl (C=S) groups is 1. The maximum Gasteiger partial charge on any atom is 0.270 e. The summed E-state index contributed by atoms with van der Waals surface area (Å²) in [7, 11) is 0. The van der Waals surface area contributed by atoms with Crippen molar-refractivity contribution < 1.29 is 14.3 Å². The van der Waals surface area contributed by atoms with Crippen molar-refractivity contribution in [3.05, 3.63) is 63.2 Å². The van der Waals surface area contributed by atoms with Crippen molar-refractivity contribution in [1.82, 2.24) is 16.2 Å². The molecule has 27 heavy (non-hydrogen) atoms. The standard InChI is InChI=1S/C19H20IN3O3S/c1-12(2)11-26-14-7-5-6-13(10-14)17(24)21-19(27)23-22-18(25)15-8-3-4-9-16(15)20/h3-10,12H,11H2,1-2H3,(H,22,25)(H2,21,23,24,27). The van der Waals surface area contributed by atoms with Crippen molar-refractivity contribution in [1.29, 1.82) is 0 Å². The highest BCUT2D eigenvalue weighted by Gasteiger charge is 2.12. The van der Waals surface area contributed by atoms with Crippen molar-refractivity contribution in [2.75, 3.05) is 6.61 Å². The van der Waals surface area contributed by atoms with Gasteiger partial charge < -0.3 is 4.74 Å². The highest BCUT2D eigenvalue weighted by atomic mass is 127. The number of halogens is 1. The zero-order valence-electron chi connectivity index (χ0n) is 14.9. The lowest BCUT2D eigenvalue weighted by atomic mass is 10.2. The molecular formula is C19H20IN3O3S. The molecule has 0 fully saturated rings. The van der Waals surface area contributed by atoms with Crippen LogP contribution in [0.15, 0.2) is 48.5 Å². The molecule has 2 amide bonds. The highest BCUT2D eigenvalue weighted by Crippen LogP contribution is 2.14. The van der Waals surface area contributed by atoms with E-state index in [0.717, 1.165) is 3.57 Å². The molecule has 0 aliphatic carbocycles. The maximum atomic E-state index is 12.3. The van der Waals surface area contributed by atoms with Crippen molar-refractivity contribution in [2.45, 2.75) is 13.8 Å². The predicted molar refractivity (Wildman–Crippen MR) is 117 cm³/mol. The van der Waals surface area contributed by atoms with Crippen molar-refractivity contribution in [3.63, 3.8) is 0 Å². The Morgan fingerprint density at radius 1 is 1.07 bits per heavy atom. The Hall–Kier alpha value is -2.20. The third kappa shape index (κ3) is 6.79. The smallest absolute Gasteiger partial charge is 0.270 e. The van der Waals surface area contributed by atoms with Gasteiger partial charge in [0.05, 0.1) is 12.2 Å². The summed E-state index contributed by atoms with van der Waals surface area (Å²) in [6.07, 6.45) is 0. The Kier molecular flexibility index (Phi) is 7.99. The highest BCUT2D eigenvalue weighted by molar-refractivity contribution is 14.1. The SMILES string of the molecule is CC(C)COc1cccc(C(=O)NC(=S)NNC(=O)c2ccccc2I)c1. The minimum atomic E-state index is -0.397. The van der Waals surface area contributed by atoms with Crippen LogP contribution in [0.2, 0.25) is 0 Å². The van der Waals surface area contributed by atoms with Gasteiger partial charge in [-0.25, -0.2) is 0 Å². The van der Waals surface area contributed by atoms with Gasteiger partial charge in [-0.05, 0) is 71.1 Å². The van der Waals surface area contributed by atoms with E-state index in [1.807, 2.05) is 26.0 Å². The largest absolute Gasteiger partial charge is 0.493 e. The number of rotatable bonds is 5. The third-order valence-corrected chi connectivity index (χ3v) is 4.46. The number of hydrogen-bond donors (Lipinski definition) is 3. The Morgan fingerprint density at radius 2 is 1.81 bits per heavy atom. The summed E-state index contributed by atoms with van der Waals surface area (Å²) in [6.45, 7) is 4.66. The van der Waals surface area contributed by atoms with Gasteiger partial charge in [-0.1, -0.05) is 32.0 Å². The minimum Gasteiger partial charge on any atom is -0.493 e. The minimum absolute atomic E-state index is 0.00667. The van der Waals surface area contributed by atoms with E-state index in [1.165, 1.54) is 0 Å². The van der Waals surface area contributed by atoms with Gasteiger partial charge in [0.2, 0.25) is 0 Å². The molecule has 0 aliphatic rings. The molecule has 0 bridgehead atoms. The molecule has 0 radical (unpaired) electrons. The van der Waals surface area contributed by atoms with Crippen LogP contribution >= 0.6 is 34.8 Å². The van der Waals surface area contributed by atoms with Crippen LogP contribution in [-0.4, -0.2) is 23.5 Å². The van der Waals surface area contributed by atoms with E-state index in [1.54, 1.807) is 36.4 Å². The van der Waals surface area contributed by atoms with Crippen molar-refractivity contribution in [3.8, 4) is 5.75 Å². The molecule has 0 saturated heterocycles. The topological polar surface area (TPSA) is 79.5 Å². The molecule has 0 atom stereocenters. The predicted octanol–water partition coefficient (Wildman–Crippen LogP) is 3.28. The second-order valence-electron chi connectivity index (χ2n) is 6.07. The van der Waals surface area contributed by atoms with Gasteiger partial charge in [-0.3, -0.25) is 25.8 Å². The Labute approximate surface area is 177 Å². The van der Waals surface area contributed by atoms with Gasteiger partial charge in [0.25, 0.3) is 11.8 Å². The van der Waals surface area contributed by atoms with Gasteiger partial charge in [-0.15, -0.1) is 0 Å². The lowest BCUT2D eigenvalue weighted by Crippen LogP contribution is -2.48. The Balaban J connectivity index is 1.88. The van der Waals surface area contributed by atoms with E-state index < -0.39 is 5.91 Å².